The van der Waals surface area contributed by atoms with E-state index in [0.29, 0.717) is 19.3 Å². The molecule has 3 N–H and O–H groups in total. The van der Waals surface area contributed by atoms with E-state index in [-0.39, 0.29) is 24.9 Å². The highest BCUT2D eigenvalue weighted by atomic mass is 16.5. The fourth-order valence-electron chi connectivity index (χ4n) is 6.87. The maximum atomic E-state index is 13.1. The van der Waals surface area contributed by atoms with Gasteiger partial charge in [-0.05, 0) is 44.9 Å². The number of esters is 1. The van der Waals surface area contributed by atoms with E-state index >= 15 is 0 Å². The van der Waals surface area contributed by atoms with Gasteiger partial charge in [0.2, 0.25) is 5.91 Å². The normalized spacial score (nSPS) is 13.9. The van der Waals surface area contributed by atoms with Crippen molar-refractivity contribution in [3.8, 4) is 0 Å². The van der Waals surface area contributed by atoms with Crippen molar-refractivity contribution < 1.29 is 24.5 Å². The van der Waals surface area contributed by atoms with Gasteiger partial charge < -0.3 is 20.3 Å². The minimum absolute atomic E-state index is 0.0495. The Labute approximate surface area is 346 Å². The molecule has 0 aromatic carbocycles. The summed E-state index contributed by atoms with van der Waals surface area (Å²) >= 11 is 0. The van der Waals surface area contributed by atoms with Crippen molar-refractivity contribution in [2.24, 2.45) is 0 Å². The zero-order chi connectivity index (χ0) is 41.0. The summed E-state index contributed by atoms with van der Waals surface area (Å²) in [6.07, 6.45) is 52.7. The number of hydrogen-bond donors (Lipinski definition) is 3. The van der Waals surface area contributed by atoms with Crippen LogP contribution in [-0.4, -0.2) is 46.9 Å². The molecule has 1 amide bonds. The molecule has 56 heavy (non-hydrogen) atoms. The predicted molar refractivity (Wildman–Crippen MR) is 241 cm³/mol. The standard InChI is InChI=1S/C50H89NO5/c1-4-7-10-13-16-19-22-23-24-25-26-28-29-32-35-38-41-46(56-50(55)43-40-37-34-31-21-18-15-12-9-6-3)44-49(54)51-47(45-52)48(53)42-39-36-33-30-27-20-17-14-11-8-5-2/h10,13,16,19,22-26,28,46-48,52-53H,4-9,11-12,14-15,17-18,20-21,27,29-45H2,1-3H3,(H,51,54)/b13-10+,19-16+,23-22+,25-24+,28-26+. The number of ether oxygens (including phenoxy) is 1. The molecule has 0 fully saturated rings. The van der Waals surface area contributed by atoms with Crippen LogP contribution in [-0.2, 0) is 14.3 Å². The minimum Gasteiger partial charge on any atom is -0.462 e. The van der Waals surface area contributed by atoms with Crippen molar-refractivity contribution in [3.05, 3.63) is 60.8 Å². The van der Waals surface area contributed by atoms with Crippen LogP contribution in [0.1, 0.15) is 220 Å². The quantitative estimate of drug-likeness (QED) is 0.0326. The fraction of sp³-hybridized carbons (Fsp3) is 0.760. The molecule has 0 aliphatic rings. The topological polar surface area (TPSA) is 95.9 Å². The second kappa shape index (κ2) is 43.7. The lowest BCUT2D eigenvalue weighted by Gasteiger charge is -2.24. The molecule has 0 bridgehead atoms. The van der Waals surface area contributed by atoms with Crippen molar-refractivity contribution in [1.29, 1.82) is 0 Å². The molecular formula is C50H89NO5. The van der Waals surface area contributed by atoms with E-state index in [4.69, 9.17) is 4.74 Å². The molecule has 324 valence electrons. The van der Waals surface area contributed by atoms with Gasteiger partial charge in [0.05, 0.1) is 25.2 Å². The first-order valence-electron chi connectivity index (χ1n) is 23.6. The number of hydrogen-bond acceptors (Lipinski definition) is 5. The van der Waals surface area contributed by atoms with Gasteiger partial charge in [0.25, 0.3) is 0 Å². The maximum absolute atomic E-state index is 13.1. The third kappa shape index (κ3) is 38.4. The second-order valence-corrected chi connectivity index (χ2v) is 15.9. The Morgan fingerprint density at radius 2 is 0.946 bits per heavy atom. The molecule has 0 rings (SSSR count). The summed E-state index contributed by atoms with van der Waals surface area (Å²) in [5, 5.41) is 23.6. The Morgan fingerprint density at radius 1 is 0.518 bits per heavy atom. The van der Waals surface area contributed by atoms with E-state index in [2.05, 4.69) is 50.4 Å². The van der Waals surface area contributed by atoms with E-state index in [0.717, 1.165) is 70.6 Å². The van der Waals surface area contributed by atoms with Gasteiger partial charge in [-0.1, -0.05) is 223 Å². The molecule has 0 heterocycles. The van der Waals surface area contributed by atoms with Gasteiger partial charge >= 0.3 is 5.97 Å². The third-order valence-corrected chi connectivity index (χ3v) is 10.5. The highest BCUT2D eigenvalue weighted by Gasteiger charge is 2.24. The van der Waals surface area contributed by atoms with Crippen LogP contribution in [0.15, 0.2) is 60.8 Å². The zero-order valence-corrected chi connectivity index (χ0v) is 36.8. The van der Waals surface area contributed by atoms with Gasteiger partial charge in [-0.25, -0.2) is 0 Å². The van der Waals surface area contributed by atoms with E-state index in [1.165, 1.54) is 103 Å². The summed E-state index contributed by atoms with van der Waals surface area (Å²) in [6, 6.07) is -0.714. The Kier molecular flexibility index (Phi) is 41.8. The lowest BCUT2D eigenvalue weighted by Crippen LogP contribution is -2.46. The molecule has 0 saturated heterocycles. The van der Waals surface area contributed by atoms with Crippen molar-refractivity contribution in [2.75, 3.05) is 6.61 Å². The van der Waals surface area contributed by atoms with Crippen molar-refractivity contribution in [3.63, 3.8) is 0 Å². The average Bonchev–Trinajstić information content (AvgIpc) is 3.19. The van der Waals surface area contributed by atoms with Crippen LogP contribution in [0.25, 0.3) is 0 Å². The Morgan fingerprint density at radius 3 is 1.45 bits per heavy atom. The predicted octanol–water partition coefficient (Wildman–Crippen LogP) is 13.7. The molecule has 3 atom stereocenters. The first-order chi connectivity index (χ1) is 27.5. The van der Waals surface area contributed by atoms with Gasteiger partial charge in [0, 0.05) is 6.42 Å². The molecule has 0 spiro atoms. The summed E-state index contributed by atoms with van der Waals surface area (Å²) < 4.78 is 5.89. The first-order valence-corrected chi connectivity index (χ1v) is 23.6. The molecule has 6 heteroatoms. The Bertz CT molecular complexity index is 1010. The summed E-state index contributed by atoms with van der Waals surface area (Å²) in [5.41, 5.74) is 0. The van der Waals surface area contributed by atoms with Crippen LogP contribution in [0, 0.1) is 0 Å². The second-order valence-electron chi connectivity index (χ2n) is 15.9. The molecule has 0 aliphatic carbocycles. The lowest BCUT2D eigenvalue weighted by atomic mass is 10.0. The number of unbranched alkanes of at least 4 members (excludes halogenated alkanes) is 23. The monoisotopic (exact) mass is 784 g/mol. The number of allylic oxidation sites excluding steroid dienone is 10. The molecule has 0 saturated carbocycles. The van der Waals surface area contributed by atoms with E-state index in [1.807, 2.05) is 36.5 Å². The van der Waals surface area contributed by atoms with Crippen LogP contribution in [0.4, 0.5) is 0 Å². The SMILES string of the molecule is CCC/C=C/C=C/C=C/C=C/C=C/CCCCCC(CC(=O)NC(CO)C(O)CCCCCCCCCCCCC)OC(=O)CCCCCCCCCCCC. The van der Waals surface area contributed by atoms with Gasteiger partial charge in [0.1, 0.15) is 6.10 Å². The fourth-order valence-corrected chi connectivity index (χ4v) is 6.87. The largest absolute Gasteiger partial charge is 0.462 e. The number of carbonyl (C=O) groups is 2. The Hall–Kier alpha value is -2.44. The molecule has 3 unspecified atom stereocenters. The number of aliphatic hydroxyl groups excluding tert-OH is 2. The number of rotatable bonds is 41. The molecule has 0 aromatic heterocycles. The molecule has 0 radical (unpaired) electrons. The van der Waals surface area contributed by atoms with Crippen molar-refractivity contribution in [2.45, 2.75) is 238 Å². The maximum Gasteiger partial charge on any atom is 0.306 e. The Balaban J connectivity index is 4.71. The first kappa shape index (κ1) is 53.6. The van der Waals surface area contributed by atoms with E-state index in [1.54, 1.807) is 0 Å². The van der Waals surface area contributed by atoms with Crippen LogP contribution < -0.4 is 5.32 Å². The van der Waals surface area contributed by atoms with Gasteiger partial charge in [0.15, 0.2) is 0 Å². The minimum atomic E-state index is -0.798. The van der Waals surface area contributed by atoms with Crippen LogP contribution in [0.2, 0.25) is 0 Å². The number of aliphatic hydroxyl groups is 2. The van der Waals surface area contributed by atoms with Gasteiger partial charge in [-0.3, -0.25) is 9.59 Å². The summed E-state index contributed by atoms with van der Waals surface area (Å²) in [6.45, 7) is 6.35. The summed E-state index contributed by atoms with van der Waals surface area (Å²) in [4.78, 5) is 26.0. The van der Waals surface area contributed by atoms with Gasteiger partial charge in [-0.15, -0.1) is 0 Å². The average molecular weight is 784 g/mol. The molecule has 0 aromatic rings. The van der Waals surface area contributed by atoms with E-state index < -0.39 is 18.2 Å². The zero-order valence-electron chi connectivity index (χ0n) is 36.8. The van der Waals surface area contributed by atoms with Gasteiger partial charge in [-0.2, -0.15) is 0 Å². The summed E-state index contributed by atoms with van der Waals surface area (Å²) in [7, 11) is 0. The smallest absolute Gasteiger partial charge is 0.306 e. The van der Waals surface area contributed by atoms with Crippen LogP contribution in [0.3, 0.4) is 0 Å². The number of carbonyl (C=O) groups excluding carboxylic acids is 2. The van der Waals surface area contributed by atoms with Crippen molar-refractivity contribution >= 4 is 11.9 Å². The molecule has 0 aliphatic heterocycles. The lowest BCUT2D eigenvalue weighted by molar-refractivity contribution is -0.151. The number of nitrogens with one attached hydrogen (secondary N) is 1. The highest BCUT2D eigenvalue weighted by Crippen LogP contribution is 2.17. The third-order valence-electron chi connectivity index (χ3n) is 10.5. The summed E-state index contributed by atoms with van der Waals surface area (Å²) in [5.74, 6) is -0.518. The number of amides is 1. The molecule has 6 nitrogen and oxygen atoms in total. The van der Waals surface area contributed by atoms with Crippen LogP contribution in [0.5, 0.6) is 0 Å². The van der Waals surface area contributed by atoms with Crippen molar-refractivity contribution in [1.82, 2.24) is 5.32 Å². The highest BCUT2D eigenvalue weighted by molar-refractivity contribution is 5.77. The molecular weight excluding hydrogens is 695 g/mol. The van der Waals surface area contributed by atoms with E-state index in [9.17, 15) is 19.8 Å². The van der Waals surface area contributed by atoms with Crippen LogP contribution >= 0.6 is 0 Å².